The fraction of sp³-hybridized carbons (Fsp3) is 0.462. The molecule has 1 atom stereocenters. The summed E-state index contributed by atoms with van der Waals surface area (Å²) in [6.45, 7) is 5.80. The molecule has 0 spiro atoms. The zero-order valence-corrected chi connectivity index (χ0v) is 9.66. The molecule has 2 heteroatoms. The number of Topliss-reactive ketones (excluding diaryl/α,β-unsaturated/α-hetero) is 1. The molecular weight excluding hydrogens is 186 g/mol. The van der Waals surface area contributed by atoms with Gasteiger partial charge in [0.2, 0.25) is 0 Å². The fourth-order valence-corrected chi connectivity index (χ4v) is 1.60. The Balaban J connectivity index is 3.01. The Kier molecular flexibility index (Phi) is 4.04. The summed E-state index contributed by atoms with van der Waals surface area (Å²) in [4.78, 5) is 11.9. The first-order valence-corrected chi connectivity index (χ1v) is 5.40. The molecule has 0 saturated carbocycles. The van der Waals surface area contributed by atoms with Crippen LogP contribution in [0.15, 0.2) is 24.3 Å². The van der Waals surface area contributed by atoms with Gasteiger partial charge in [-0.2, -0.15) is 0 Å². The highest BCUT2D eigenvalue weighted by Gasteiger charge is 2.14. The van der Waals surface area contributed by atoms with Crippen molar-refractivity contribution in [2.45, 2.75) is 33.2 Å². The molecule has 0 radical (unpaired) electrons. The molecule has 0 aliphatic rings. The largest absolute Gasteiger partial charge is 0.328 e. The summed E-state index contributed by atoms with van der Waals surface area (Å²) >= 11 is 0. The highest BCUT2D eigenvalue weighted by Crippen LogP contribution is 2.15. The summed E-state index contributed by atoms with van der Waals surface area (Å²) in [5.41, 5.74) is 7.64. The Morgan fingerprint density at radius 3 is 2.40 bits per heavy atom. The molecular formula is C13H19NO. The third-order valence-electron chi connectivity index (χ3n) is 2.35. The Bertz CT molecular complexity index is 342. The smallest absolute Gasteiger partial charge is 0.165 e. The number of hydrogen-bond donors (Lipinski definition) is 1. The number of hydrogen-bond acceptors (Lipinski definition) is 2. The summed E-state index contributed by atoms with van der Waals surface area (Å²) in [6.07, 6.45) is 0.759. The van der Waals surface area contributed by atoms with Gasteiger partial charge in [0, 0.05) is 17.5 Å². The number of carbonyl (C=O) groups excluding carboxylic acids is 1. The Hall–Kier alpha value is -1.15. The molecule has 0 aliphatic carbocycles. The fourth-order valence-electron chi connectivity index (χ4n) is 1.60. The lowest BCUT2D eigenvalue weighted by atomic mass is 9.93. The van der Waals surface area contributed by atoms with Crippen LogP contribution in [0.2, 0.25) is 0 Å². The Morgan fingerprint density at radius 2 is 1.87 bits per heavy atom. The molecule has 1 unspecified atom stereocenters. The summed E-state index contributed by atoms with van der Waals surface area (Å²) in [6, 6.07) is 7.82. The number of rotatable bonds is 4. The molecule has 2 nitrogen and oxygen atoms in total. The maximum absolute atomic E-state index is 11.9. The molecule has 82 valence electrons. The first kappa shape index (κ1) is 11.9. The van der Waals surface area contributed by atoms with Gasteiger partial charge in [0.1, 0.15) is 0 Å². The number of ketones is 1. The molecule has 0 aromatic heterocycles. The average Bonchev–Trinajstić information content (AvgIpc) is 2.16. The standard InChI is InChI=1S/C13H19NO/c1-9(2)13(15)12-7-5-4-6-11(12)8-10(3)14/h4-7,9-10H,8,14H2,1-3H3. The molecule has 0 heterocycles. The molecule has 1 aromatic carbocycles. The zero-order chi connectivity index (χ0) is 11.4. The van der Waals surface area contributed by atoms with Crippen LogP contribution in [-0.2, 0) is 6.42 Å². The monoisotopic (exact) mass is 205 g/mol. The SMILES string of the molecule is CC(N)Cc1ccccc1C(=O)C(C)C. The maximum atomic E-state index is 11.9. The zero-order valence-electron chi connectivity index (χ0n) is 9.66. The normalized spacial score (nSPS) is 12.9. The van der Waals surface area contributed by atoms with E-state index in [0.717, 1.165) is 17.5 Å². The van der Waals surface area contributed by atoms with Crippen molar-refractivity contribution in [2.24, 2.45) is 11.7 Å². The predicted octanol–water partition coefficient (Wildman–Crippen LogP) is 2.42. The predicted molar refractivity (Wildman–Crippen MR) is 63.0 cm³/mol. The number of nitrogens with two attached hydrogens (primary N) is 1. The minimum absolute atomic E-state index is 0.0410. The highest BCUT2D eigenvalue weighted by atomic mass is 16.1. The van der Waals surface area contributed by atoms with E-state index in [0.29, 0.717) is 0 Å². The average molecular weight is 205 g/mol. The van der Waals surface area contributed by atoms with Crippen molar-refractivity contribution in [3.05, 3.63) is 35.4 Å². The van der Waals surface area contributed by atoms with Crippen molar-refractivity contribution >= 4 is 5.78 Å². The molecule has 1 rings (SSSR count). The second kappa shape index (κ2) is 5.08. The molecule has 0 amide bonds. The van der Waals surface area contributed by atoms with E-state index < -0.39 is 0 Å². The molecule has 1 aromatic rings. The van der Waals surface area contributed by atoms with Gasteiger partial charge in [-0.15, -0.1) is 0 Å². The van der Waals surface area contributed by atoms with Crippen LogP contribution in [0.3, 0.4) is 0 Å². The summed E-state index contributed by atoms with van der Waals surface area (Å²) in [5, 5.41) is 0. The molecule has 0 saturated heterocycles. The lowest BCUT2D eigenvalue weighted by Crippen LogP contribution is -2.20. The van der Waals surface area contributed by atoms with Gasteiger partial charge >= 0.3 is 0 Å². The van der Waals surface area contributed by atoms with Gasteiger partial charge < -0.3 is 5.73 Å². The minimum atomic E-state index is 0.0410. The highest BCUT2D eigenvalue weighted by molar-refractivity contribution is 5.98. The van der Waals surface area contributed by atoms with Gasteiger partial charge in [-0.1, -0.05) is 38.1 Å². The molecule has 2 N–H and O–H groups in total. The van der Waals surface area contributed by atoms with Gasteiger partial charge in [-0.05, 0) is 18.9 Å². The topological polar surface area (TPSA) is 43.1 Å². The first-order chi connectivity index (χ1) is 7.02. The second-order valence-electron chi connectivity index (χ2n) is 4.36. The first-order valence-electron chi connectivity index (χ1n) is 5.40. The lowest BCUT2D eigenvalue weighted by Gasteiger charge is -2.12. The van der Waals surface area contributed by atoms with E-state index in [1.807, 2.05) is 45.0 Å². The van der Waals surface area contributed by atoms with Crippen molar-refractivity contribution in [3.63, 3.8) is 0 Å². The molecule has 0 bridgehead atoms. The van der Waals surface area contributed by atoms with E-state index in [2.05, 4.69) is 0 Å². The summed E-state index contributed by atoms with van der Waals surface area (Å²) in [7, 11) is 0. The molecule has 0 aliphatic heterocycles. The van der Waals surface area contributed by atoms with Gasteiger partial charge in [-0.25, -0.2) is 0 Å². The van der Waals surface area contributed by atoms with E-state index in [4.69, 9.17) is 5.73 Å². The summed E-state index contributed by atoms with van der Waals surface area (Å²) < 4.78 is 0. The molecule has 0 fully saturated rings. The van der Waals surface area contributed by atoms with Crippen LogP contribution in [0, 0.1) is 5.92 Å². The van der Waals surface area contributed by atoms with Crippen LogP contribution >= 0.6 is 0 Å². The molecule has 15 heavy (non-hydrogen) atoms. The van der Waals surface area contributed by atoms with Crippen LogP contribution in [-0.4, -0.2) is 11.8 Å². The van der Waals surface area contributed by atoms with Gasteiger partial charge in [0.25, 0.3) is 0 Å². The van der Waals surface area contributed by atoms with Gasteiger partial charge in [-0.3, -0.25) is 4.79 Å². The number of carbonyl (C=O) groups is 1. The van der Waals surface area contributed by atoms with E-state index in [1.165, 1.54) is 0 Å². The minimum Gasteiger partial charge on any atom is -0.328 e. The van der Waals surface area contributed by atoms with Crippen molar-refractivity contribution in [3.8, 4) is 0 Å². The third-order valence-corrected chi connectivity index (χ3v) is 2.35. The van der Waals surface area contributed by atoms with Crippen LogP contribution in [0.1, 0.15) is 36.7 Å². The van der Waals surface area contributed by atoms with Crippen molar-refractivity contribution in [2.75, 3.05) is 0 Å². The van der Waals surface area contributed by atoms with Crippen LogP contribution in [0.4, 0.5) is 0 Å². The van der Waals surface area contributed by atoms with Gasteiger partial charge in [0.15, 0.2) is 5.78 Å². The van der Waals surface area contributed by atoms with E-state index in [1.54, 1.807) is 0 Å². The van der Waals surface area contributed by atoms with E-state index >= 15 is 0 Å². The Morgan fingerprint density at radius 1 is 1.27 bits per heavy atom. The van der Waals surface area contributed by atoms with Crippen LogP contribution < -0.4 is 5.73 Å². The third kappa shape index (κ3) is 3.17. The van der Waals surface area contributed by atoms with Crippen molar-refractivity contribution in [1.29, 1.82) is 0 Å². The van der Waals surface area contributed by atoms with Crippen LogP contribution in [0.25, 0.3) is 0 Å². The quantitative estimate of drug-likeness (QED) is 0.767. The lowest BCUT2D eigenvalue weighted by molar-refractivity contribution is 0.0938. The number of benzene rings is 1. The van der Waals surface area contributed by atoms with Crippen molar-refractivity contribution < 1.29 is 4.79 Å². The van der Waals surface area contributed by atoms with Crippen LogP contribution in [0.5, 0.6) is 0 Å². The van der Waals surface area contributed by atoms with Gasteiger partial charge in [0.05, 0.1) is 0 Å². The van der Waals surface area contributed by atoms with Crippen molar-refractivity contribution in [1.82, 2.24) is 0 Å². The second-order valence-corrected chi connectivity index (χ2v) is 4.36. The van der Waals surface area contributed by atoms with E-state index in [9.17, 15) is 4.79 Å². The van der Waals surface area contributed by atoms with E-state index in [-0.39, 0.29) is 17.7 Å². The summed E-state index contributed by atoms with van der Waals surface area (Å²) in [5.74, 6) is 0.241. The Labute approximate surface area is 91.5 Å². The maximum Gasteiger partial charge on any atom is 0.165 e.